The molecule has 1 aliphatic rings. The molecule has 0 fully saturated rings. The zero-order chi connectivity index (χ0) is 15.7. The number of fused-ring (bicyclic) bond motifs is 1. The number of para-hydroxylation sites is 2. The maximum absolute atomic E-state index is 9.55. The summed E-state index contributed by atoms with van der Waals surface area (Å²) in [5, 5.41) is 9.55. The van der Waals surface area contributed by atoms with Gasteiger partial charge in [0.1, 0.15) is 22.3 Å². The van der Waals surface area contributed by atoms with Crippen molar-refractivity contribution in [3.8, 4) is 17.5 Å². The highest BCUT2D eigenvalue weighted by Gasteiger charge is 2.22. The van der Waals surface area contributed by atoms with Crippen molar-refractivity contribution in [3.63, 3.8) is 0 Å². The lowest BCUT2D eigenvalue weighted by atomic mass is 9.89. The van der Waals surface area contributed by atoms with E-state index in [0.717, 1.165) is 42.5 Å². The van der Waals surface area contributed by atoms with Gasteiger partial charge in [-0.15, -0.1) is 0 Å². The minimum Gasteiger partial charge on any atom is -0.495 e. The monoisotopic (exact) mass is 311 g/mol. The topological polar surface area (TPSA) is 64.0 Å². The van der Waals surface area contributed by atoms with Crippen LogP contribution in [0.1, 0.15) is 29.5 Å². The van der Waals surface area contributed by atoms with Gasteiger partial charge in [0.05, 0.1) is 18.4 Å². The predicted octanol–water partition coefficient (Wildman–Crippen LogP) is 3.55. The first-order valence-corrected chi connectivity index (χ1v) is 7.69. The van der Waals surface area contributed by atoms with Crippen LogP contribution in [0.2, 0.25) is 0 Å². The Kier molecular flexibility index (Phi) is 3.86. The molecule has 3 rings (SSSR count). The van der Waals surface area contributed by atoms with E-state index in [0.29, 0.717) is 21.8 Å². The standard InChI is InChI=1S/C17H17N3OS/c1-21-15-9-5-4-8-14(15)20-16(19)13(10-18)11-6-2-3-7-12(11)17(20)22/h4-5,8-9H,2-3,6-7,19H2,1H3. The number of hydrogen-bond donors (Lipinski definition) is 1. The van der Waals surface area contributed by atoms with Crippen molar-refractivity contribution in [1.29, 1.82) is 5.26 Å². The number of anilines is 1. The van der Waals surface area contributed by atoms with Gasteiger partial charge in [0.15, 0.2) is 0 Å². The van der Waals surface area contributed by atoms with Crippen molar-refractivity contribution < 1.29 is 4.74 Å². The smallest absolute Gasteiger partial charge is 0.142 e. The van der Waals surface area contributed by atoms with Gasteiger partial charge < -0.3 is 10.5 Å². The van der Waals surface area contributed by atoms with Crippen molar-refractivity contribution in [2.24, 2.45) is 0 Å². The molecular formula is C17H17N3OS. The van der Waals surface area contributed by atoms with Gasteiger partial charge in [-0.2, -0.15) is 5.26 Å². The van der Waals surface area contributed by atoms with E-state index in [1.807, 2.05) is 24.3 Å². The van der Waals surface area contributed by atoms with Crippen LogP contribution in [0, 0.1) is 16.0 Å². The summed E-state index contributed by atoms with van der Waals surface area (Å²) < 4.78 is 7.89. The third-order valence-electron chi connectivity index (χ3n) is 4.17. The fourth-order valence-electron chi connectivity index (χ4n) is 3.11. The summed E-state index contributed by atoms with van der Waals surface area (Å²) in [5.74, 6) is 1.09. The molecular weight excluding hydrogens is 294 g/mol. The Morgan fingerprint density at radius 2 is 1.91 bits per heavy atom. The van der Waals surface area contributed by atoms with Gasteiger partial charge in [-0.3, -0.25) is 4.57 Å². The maximum atomic E-state index is 9.55. The van der Waals surface area contributed by atoms with Crippen LogP contribution in [-0.2, 0) is 12.8 Å². The van der Waals surface area contributed by atoms with Crippen LogP contribution >= 0.6 is 12.2 Å². The lowest BCUT2D eigenvalue weighted by molar-refractivity contribution is 0.413. The second kappa shape index (κ2) is 5.82. The molecule has 112 valence electrons. The van der Waals surface area contributed by atoms with E-state index >= 15 is 0 Å². The van der Waals surface area contributed by atoms with Gasteiger partial charge in [-0.25, -0.2) is 0 Å². The van der Waals surface area contributed by atoms with Gasteiger partial charge in [0.2, 0.25) is 0 Å². The fourth-order valence-corrected chi connectivity index (χ4v) is 3.53. The quantitative estimate of drug-likeness (QED) is 0.862. The van der Waals surface area contributed by atoms with Crippen molar-refractivity contribution in [1.82, 2.24) is 4.57 Å². The molecule has 2 N–H and O–H groups in total. The van der Waals surface area contributed by atoms with Gasteiger partial charge in [-0.1, -0.05) is 24.4 Å². The number of nitrogens with zero attached hydrogens (tertiary/aromatic N) is 2. The van der Waals surface area contributed by atoms with Crippen molar-refractivity contribution in [2.45, 2.75) is 25.7 Å². The zero-order valence-corrected chi connectivity index (χ0v) is 13.2. The van der Waals surface area contributed by atoms with Crippen LogP contribution in [0.25, 0.3) is 5.69 Å². The van der Waals surface area contributed by atoms with Crippen LogP contribution in [0.3, 0.4) is 0 Å². The number of hydrogen-bond acceptors (Lipinski definition) is 4. The van der Waals surface area contributed by atoms with Crippen molar-refractivity contribution in [2.75, 3.05) is 12.8 Å². The highest BCUT2D eigenvalue weighted by Crippen LogP contribution is 2.33. The number of nitrogen functional groups attached to an aromatic ring is 1. The first-order chi connectivity index (χ1) is 10.7. The van der Waals surface area contributed by atoms with Crippen LogP contribution in [0.15, 0.2) is 24.3 Å². The van der Waals surface area contributed by atoms with E-state index in [1.165, 1.54) is 0 Å². The number of ether oxygens (including phenoxy) is 1. The first-order valence-electron chi connectivity index (χ1n) is 7.28. The molecule has 0 atom stereocenters. The van der Waals surface area contributed by atoms with Crippen LogP contribution in [0.5, 0.6) is 5.75 Å². The molecule has 2 aromatic rings. The Bertz CT molecular complexity index is 833. The van der Waals surface area contributed by atoms with Crippen molar-refractivity contribution in [3.05, 3.63) is 45.6 Å². The van der Waals surface area contributed by atoms with Gasteiger partial charge in [0.25, 0.3) is 0 Å². The number of pyridine rings is 1. The Hall–Kier alpha value is -2.32. The normalized spacial score (nSPS) is 13.3. The number of rotatable bonds is 2. The van der Waals surface area contributed by atoms with Gasteiger partial charge in [-0.05, 0) is 48.9 Å². The summed E-state index contributed by atoms with van der Waals surface area (Å²) in [7, 11) is 1.61. The lowest BCUT2D eigenvalue weighted by Crippen LogP contribution is -2.16. The first kappa shape index (κ1) is 14.6. The van der Waals surface area contributed by atoms with Gasteiger partial charge >= 0.3 is 0 Å². The third-order valence-corrected chi connectivity index (χ3v) is 4.59. The SMILES string of the molecule is COc1ccccc1-n1c(N)c(C#N)c2c(c1=S)CCCC2. The number of benzene rings is 1. The Labute approximate surface area is 134 Å². The van der Waals surface area contributed by atoms with E-state index in [1.54, 1.807) is 11.7 Å². The molecule has 0 spiro atoms. The third kappa shape index (κ3) is 2.16. The summed E-state index contributed by atoms with van der Waals surface area (Å²) in [5.41, 5.74) is 9.73. The highest BCUT2D eigenvalue weighted by molar-refractivity contribution is 7.71. The van der Waals surface area contributed by atoms with E-state index < -0.39 is 0 Å². The van der Waals surface area contributed by atoms with Crippen molar-refractivity contribution >= 4 is 18.0 Å². The number of methoxy groups -OCH3 is 1. The average molecular weight is 311 g/mol. The molecule has 0 unspecified atom stereocenters. The number of nitriles is 1. The molecule has 0 amide bonds. The molecule has 0 aliphatic heterocycles. The van der Waals surface area contributed by atoms with Crippen LogP contribution in [-0.4, -0.2) is 11.7 Å². The molecule has 4 nitrogen and oxygen atoms in total. The average Bonchev–Trinajstić information content (AvgIpc) is 2.56. The summed E-state index contributed by atoms with van der Waals surface area (Å²) in [6, 6.07) is 9.83. The second-order valence-electron chi connectivity index (χ2n) is 5.35. The molecule has 5 heteroatoms. The van der Waals surface area contributed by atoms with Gasteiger partial charge in [0, 0.05) is 0 Å². The van der Waals surface area contributed by atoms with E-state index in [4.69, 9.17) is 22.7 Å². The van der Waals surface area contributed by atoms with Crippen LogP contribution in [0.4, 0.5) is 5.82 Å². The van der Waals surface area contributed by atoms with Crippen LogP contribution < -0.4 is 10.5 Å². The summed E-state index contributed by atoms with van der Waals surface area (Å²) >= 11 is 5.68. The highest BCUT2D eigenvalue weighted by atomic mass is 32.1. The second-order valence-corrected chi connectivity index (χ2v) is 5.74. The fraction of sp³-hybridized carbons (Fsp3) is 0.294. The Morgan fingerprint density at radius 3 is 2.59 bits per heavy atom. The summed E-state index contributed by atoms with van der Waals surface area (Å²) in [4.78, 5) is 0. The zero-order valence-electron chi connectivity index (χ0n) is 12.4. The maximum Gasteiger partial charge on any atom is 0.142 e. The Morgan fingerprint density at radius 1 is 1.23 bits per heavy atom. The molecule has 0 saturated heterocycles. The molecule has 1 heterocycles. The Balaban J connectivity index is 2.38. The number of aromatic nitrogens is 1. The van der Waals surface area contributed by atoms with E-state index in [-0.39, 0.29) is 0 Å². The predicted molar refractivity (Wildman–Crippen MR) is 88.9 cm³/mol. The molecule has 1 aromatic heterocycles. The summed E-state index contributed by atoms with van der Waals surface area (Å²) in [6.07, 6.45) is 3.95. The van der Waals surface area contributed by atoms with E-state index in [9.17, 15) is 5.26 Å². The largest absolute Gasteiger partial charge is 0.495 e. The number of nitrogens with two attached hydrogens (primary N) is 1. The molecule has 0 saturated carbocycles. The van der Waals surface area contributed by atoms with E-state index in [2.05, 4.69) is 6.07 Å². The lowest BCUT2D eigenvalue weighted by Gasteiger charge is -2.23. The molecule has 0 bridgehead atoms. The minimum atomic E-state index is 0.401. The molecule has 1 aromatic carbocycles. The summed E-state index contributed by atoms with van der Waals surface area (Å²) in [6.45, 7) is 0. The molecule has 1 aliphatic carbocycles. The molecule has 0 radical (unpaired) electrons. The minimum absolute atomic E-state index is 0.401. The molecule has 22 heavy (non-hydrogen) atoms.